The molecule has 1 aromatic rings. The first kappa shape index (κ1) is 17.6. The Hall–Kier alpha value is -1.25. The number of halogens is 1. The SMILES string of the molecule is CCOc1ccc(N2C(=NC(=O)CCl)S[C@H]3CS(=O)(=O)C[C@@H]32)cc1. The van der Waals surface area contributed by atoms with Crippen molar-refractivity contribution in [3.8, 4) is 5.75 Å². The Labute approximate surface area is 150 Å². The van der Waals surface area contributed by atoms with Crippen LogP contribution in [0.25, 0.3) is 0 Å². The van der Waals surface area contributed by atoms with Gasteiger partial charge in [0.25, 0.3) is 5.91 Å². The summed E-state index contributed by atoms with van der Waals surface area (Å²) < 4.78 is 29.3. The molecular formula is C15H17ClN2O4S2. The third-order valence-corrected chi connectivity index (χ3v) is 7.27. The molecule has 2 atom stereocenters. The van der Waals surface area contributed by atoms with Crippen LogP contribution >= 0.6 is 23.4 Å². The van der Waals surface area contributed by atoms with Crippen molar-refractivity contribution in [3.05, 3.63) is 24.3 Å². The Morgan fingerprint density at radius 1 is 1.38 bits per heavy atom. The molecule has 1 amide bonds. The number of fused-ring (bicyclic) bond motifs is 1. The van der Waals surface area contributed by atoms with Crippen LogP contribution in [0.5, 0.6) is 5.75 Å². The standard InChI is InChI=1S/C15H17ClN2O4S2/c1-2-22-11-5-3-10(4-6-11)18-12-8-24(20,21)9-13(12)23-15(18)17-14(19)7-16/h3-6,12-13H,2,7-9H2,1H3/t12-,13-/m0/s1. The van der Waals surface area contributed by atoms with Crippen LogP contribution in [0.2, 0.25) is 0 Å². The lowest BCUT2D eigenvalue weighted by atomic mass is 10.2. The van der Waals surface area contributed by atoms with Gasteiger partial charge in [-0.3, -0.25) is 4.79 Å². The molecule has 0 spiro atoms. The fraction of sp³-hybridized carbons (Fsp3) is 0.467. The van der Waals surface area contributed by atoms with Gasteiger partial charge in [0.1, 0.15) is 11.6 Å². The molecule has 24 heavy (non-hydrogen) atoms. The number of anilines is 1. The predicted molar refractivity (Wildman–Crippen MR) is 97.1 cm³/mol. The van der Waals surface area contributed by atoms with Crippen LogP contribution in [0.15, 0.2) is 29.3 Å². The number of carbonyl (C=O) groups is 1. The highest BCUT2D eigenvalue weighted by Crippen LogP contribution is 2.41. The number of hydrogen-bond donors (Lipinski definition) is 0. The molecule has 0 saturated carbocycles. The van der Waals surface area contributed by atoms with E-state index in [0.717, 1.165) is 11.4 Å². The monoisotopic (exact) mass is 388 g/mol. The van der Waals surface area contributed by atoms with Gasteiger partial charge in [-0.25, -0.2) is 8.42 Å². The summed E-state index contributed by atoms with van der Waals surface area (Å²) in [5.74, 6) is 0.266. The Bertz CT molecular complexity index is 764. The van der Waals surface area contributed by atoms with Crippen molar-refractivity contribution in [2.24, 2.45) is 4.99 Å². The van der Waals surface area contributed by atoms with Crippen molar-refractivity contribution in [2.45, 2.75) is 18.2 Å². The molecule has 1 aromatic carbocycles. The zero-order valence-corrected chi connectivity index (χ0v) is 15.4. The van der Waals surface area contributed by atoms with Crippen LogP contribution in [0.1, 0.15) is 6.92 Å². The minimum absolute atomic E-state index is 0.0615. The number of hydrogen-bond acceptors (Lipinski definition) is 5. The first-order valence-electron chi connectivity index (χ1n) is 7.50. The summed E-state index contributed by atoms with van der Waals surface area (Å²) in [7, 11) is -3.07. The van der Waals surface area contributed by atoms with Crippen LogP contribution in [-0.2, 0) is 14.6 Å². The van der Waals surface area contributed by atoms with Gasteiger partial charge in [-0.05, 0) is 31.2 Å². The number of nitrogens with zero attached hydrogens (tertiary/aromatic N) is 2. The van der Waals surface area contributed by atoms with Gasteiger partial charge in [-0.2, -0.15) is 4.99 Å². The average molecular weight is 389 g/mol. The van der Waals surface area contributed by atoms with Gasteiger partial charge in [0.15, 0.2) is 15.0 Å². The summed E-state index contributed by atoms with van der Waals surface area (Å²) in [5, 5.41) is 0.387. The minimum atomic E-state index is -3.07. The molecule has 130 valence electrons. The second-order valence-corrected chi connectivity index (χ2v) is 9.15. The number of amidine groups is 1. The summed E-state index contributed by atoms with van der Waals surface area (Å²) in [6.07, 6.45) is 0. The van der Waals surface area contributed by atoms with E-state index >= 15 is 0 Å². The highest BCUT2D eigenvalue weighted by molar-refractivity contribution is 8.16. The van der Waals surface area contributed by atoms with E-state index < -0.39 is 15.7 Å². The molecule has 2 aliphatic rings. The summed E-state index contributed by atoms with van der Waals surface area (Å²) in [6.45, 7) is 2.47. The van der Waals surface area contributed by atoms with Gasteiger partial charge in [0.2, 0.25) is 0 Å². The Kier molecular flexibility index (Phi) is 5.08. The van der Waals surface area contributed by atoms with E-state index in [1.165, 1.54) is 11.8 Å². The highest BCUT2D eigenvalue weighted by atomic mass is 35.5. The maximum absolute atomic E-state index is 12.0. The van der Waals surface area contributed by atoms with E-state index in [0.29, 0.717) is 11.8 Å². The third-order valence-electron chi connectivity index (χ3n) is 3.83. The number of sulfone groups is 1. The normalized spacial score (nSPS) is 26.6. The number of aliphatic imine (C=N–C) groups is 1. The van der Waals surface area contributed by atoms with Crippen LogP contribution in [0.3, 0.4) is 0 Å². The van der Waals surface area contributed by atoms with E-state index in [4.69, 9.17) is 16.3 Å². The van der Waals surface area contributed by atoms with Crippen molar-refractivity contribution in [3.63, 3.8) is 0 Å². The summed E-state index contributed by atoms with van der Waals surface area (Å²) >= 11 is 6.88. The van der Waals surface area contributed by atoms with Crippen molar-refractivity contribution in [2.75, 3.05) is 28.9 Å². The maximum Gasteiger partial charge on any atom is 0.262 e. The molecule has 2 heterocycles. The van der Waals surface area contributed by atoms with Crippen LogP contribution < -0.4 is 9.64 Å². The zero-order valence-electron chi connectivity index (χ0n) is 13.0. The Morgan fingerprint density at radius 2 is 2.08 bits per heavy atom. The number of alkyl halides is 1. The number of carbonyl (C=O) groups excluding carboxylic acids is 1. The summed E-state index contributed by atoms with van der Waals surface area (Å²) in [6, 6.07) is 7.11. The molecule has 0 N–H and O–H groups in total. The topological polar surface area (TPSA) is 76.0 Å². The van der Waals surface area contributed by atoms with Gasteiger partial charge < -0.3 is 9.64 Å². The second-order valence-electron chi connectivity index (χ2n) is 5.52. The van der Waals surface area contributed by atoms with Crippen LogP contribution in [0, 0.1) is 0 Å². The first-order chi connectivity index (χ1) is 11.4. The number of thioether (sulfide) groups is 1. The molecule has 2 aliphatic heterocycles. The van der Waals surface area contributed by atoms with E-state index in [2.05, 4.69) is 4.99 Å². The quantitative estimate of drug-likeness (QED) is 0.733. The molecule has 0 bridgehead atoms. The van der Waals surface area contributed by atoms with Gasteiger partial charge in [-0.15, -0.1) is 11.6 Å². The molecule has 0 aliphatic carbocycles. The minimum Gasteiger partial charge on any atom is -0.494 e. The number of ether oxygens (including phenoxy) is 1. The number of benzene rings is 1. The first-order valence-corrected chi connectivity index (χ1v) is 10.7. The van der Waals surface area contributed by atoms with E-state index in [9.17, 15) is 13.2 Å². The fourth-order valence-corrected chi connectivity index (χ4v) is 6.86. The lowest BCUT2D eigenvalue weighted by molar-refractivity contribution is -0.115. The smallest absolute Gasteiger partial charge is 0.262 e. The van der Waals surface area contributed by atoms with Crippen molar-refractivity contribution in [1.82, 2.24) is 0 Å². The second kappa shape index (κ2) is 6.93. The van der Waals surface area contributed by atoms with Crippen LogP contribution in [-0.4, -0.2) is 54.8 Å². The van der Waals surface area contributed by atoms with Crippen molar-refractivity contribution in [1.29, 1.82) is 0 Å². The third kappa shape index (κ3) is 3.55. The van der Waals surface area contributed by atoms with E-state index in [1.54, 1.807) is 0 Å². The average Bonchev–Trinajstić information content (AvgIpc) is 2.99. The number of rotatable bonds is 4. The molecule has 0 radical (unpaired) electrons. The van der Waals surface area contributed by atoms with Crippen LogP contribution in [0.4, 0.5) is 5.69 Å². The largest absolute Gasteiger partial charge is 0.494 e. The molecule has 6 nitrogen and oxygen atoms in total. The lowest BCUT2D eigenvalue weighted by Crippen LogP contribution is -2.37. The van der Waals surface area contributed by atoms with Crippen molar-refractivity contribution < 1.29 is 17.9 Å². The predicted octanol–water partition coefficient (Wildman–Crippen LogP) is 1.93. The Balaban J connectivity index is 1.95. The molecular weight excluding hydrogens is 372 g/mol. The van der Waals surface area contributed by atoms with Gasteiger partial charge >= 0.3 is 0 Å². The molecule has 3 rings (SSSR count). The van der Waals surface area contributed by atoms with Gasteiger partial charge in [-0.1, -0.05) is 11.8 Å². The number of amides is 1. The van der Waals surface area contributed by atoms with E-state index in [1.807, 2.05) is 36.1 Å². The lowest BCUT2D eigenvalue weighted by Gasteiger charge is -2.24. The molecule has 0 unspecified atom stereocenters. The molecule has 2 saturated heterocycles. The highest BCUT2D eigenvalue weighted by Gasteiger charge is 2.49. The van der Waals surface area contributed by atoms with Crippen molar-refractivity contribution >= 4 is 50.0 Å². The Morgan fingerprint density at radius 3 is 2.71 bits per heavy atom. The van der Waals surface area contributed by atoms with Gasteiger partial charge in [0.05, 0.1) is 24.2 Å². The zero-order chi connectivity index (χ0) is 17.3. The summed E-state index contributed by atoms with van der Waals surface area (Å²) in [4.78, 5) is 17.5. The maximum atomic E-state index is 12.0. The molecule has 0 aromatic heterocycles. The molecule has 2 fully saturated rings. The fourth-order valence-electron chi connectivity index (χ4n) is 2.87. The van der Waals surface area contributed by atoms with Gasteiger partial charge in [0, 0.05) is 10.9 Å². The molecule has 9 heteroatoms. The summed E-state index contributed by atoms with van der Waals surface area (Å²) in [5.41, 5.74) is 0.789. The van der Waals surface area contributed by atoms with E-state index in [-0.39, 0.29) is 28.7 Å².